The molecule has 0 saturated heterocycles. The van der Waals surface area contributed by atoms with Gasteiger partial charge in [-0.05, 0) is 53.7 Å². The molecule has 0 aliphatic carbocycles. The second-order valence-electron chi connectivity index (χ2n) is 10.8. The van der Waals surface area contributed by atoms with Gasteiger partial charge in [-0.25, -0.2) is 0 Å². The van der Waals surface area contributed by atoms with Crippen molar-refractivity contribution in [2.24, 2.45) is 0 Å². The van der Waals surface area contributed by atoms with E-state index in [1.54, 1.807) is 104 Å². The molecule has 4 aromatic rings. The van der Waals surface area contributed by atoms with E-state index in [4.69, 9.17) is 0 Å². The van der Waals surface area contributed by atoms with Crippen LogP contribution in [0.25, 0.3) is 11.8 Å². The van der Waals surface area contributed by atoms with Gasteiger partial charge in [-0.3, -0.25) is 0 Å². The molecule has 232 valence electrons. The number of anilines is 1. The van der Waals surface area contributed by atoms with E-state index in [2.05, 4.69) is 0 Å². The number of hydrogen-bond acceptors (Lipinski definition) is 1. The molecule has 0 radical (unpaired) electrons. The monoisotopic (exact) mass is 629 g/mol. The van der Waals surface area contributed by atoms with Crippen molar-refractivity contribution in [1.82, 2.24) is 0 Å². The van der Waals surface area contributed by atoms with Gasteiger partial charge in [0, 0.05) is 17.3 Å². The SMILES string of the molecule is Cc1cccc(C)c1N1C(c2ccccc2)=CB(c2c(C(F)(F)F)cc(C(F)(F)F)cc2C(F)(F)F)[C@H]1/C=C/c1ccccc1. The zero-order valence-electron chi connectivity index (χ0n) is 23.9. The predicted octanol–water partition coefficient (Wildman–Crippen LogP) is 9.78. The lowest BCUT2D eigenvalue weighted by Crippen LogP contribution is -2.50. The first-order valence-corrected chi connectivity index (χ1v) is 13.8. The summed E-state index contributed by atoms with van der Waals surface area (Å²) in [5, 5.41) is 0. The summed E-state index contributed by atoms with van der Waals surface area (Å²) in [5.74, 6) is 0.105. The molecule has 0 saturated carbocycles. The fourth-order valence-electron chi connectivity index (χ4n) is 5.85. The largest absolute Gasteiger partial charge is 0.416 e. The van der Waals surface area contributed by atoms with Crippen molar-refractivity contribution in [1.29, 1.82) is 0 Å². The number of hydrogen-bond donors (Lipinski definition) is 0. The Labute approximate surface area is 254 Å². The van der Waals surface area contributed by atoms with Gasteiger partial charge in [-0.15, -0.1) is 0 Å². The van der Waals surface area contributed by atoms with Crippen molar-refractivity contribution >= 4 is 29.6 Å². The first-order chi connectivity index (χ1) is 21.1. The number of rotatable bonds is 5. The van der Waals surface area contributed by atoms with Gasteiger partial charge in [-0.1, -0.05) is 97.0 Å². The maximum absolute atomic E-state index is 14.6. The Morgan fingerprint density at radius 3 is 1.64 bits per heavy atom. The summed E-state index contributed by atoms with van der Waals surface area (Å²) < 4.78 is 129. The average molecular weight is 629 g/mol. The van der Waals surface area contributed by atoms with Gasteiger partial charge >= 0.3 is 18.5 Å². The highest BCUT2D eigenvalue weighted by Crippen LogP contribution is 2.44. The van der Waals surface area contributed by atoms with E-state index in [-0.39, 0.29) is 12.1 Å². The third-order valence-electron chi connectivity index (χ3n) is 7.75. The van der Waals surface area contributed by atoms with Crippen LogP contribution in [0.2, 0.25) is 0 Å². The summed E-state index contributed by atoms with van der Waals surface area (Å²) in [6.07, 6.45) is -13.4. The van der Waals surface area contributed by atoms with Gasteiger partial charge in [0.1, 0.15) is 0 Å². The topological polar surface area (TPSA) is 3.24 Å². The number of halogens is 9. The summed E-state index contributed by atoms with van der Waals surface area (Å²) >= 11 is 0. The Kier molecular flexibility index (Phi) is 8.42. The van der Waals surface area contributed by atoms with Crippen molar-refractivity contribution < 1.29 is 39.5 Å². The Bertz CT molecular complexity index is 1680. The Morgan fingerprint density at radius 1 is 0.644 bits per heavy atom. The van der Waals surface area contributed by atoms with E-state index in [1.807, 2.05) is 0 Å². The maximum Gasteiger partial charge on any atom is 0.416 e. The summed E-state index contributed by atoms with van der Waals surface area (Å²) in [6.45, 7) is 1.89. The van der Waals surface area contributed by atoms with E-state index in [0.29, 0.717) is 33.6 Å². The van der Waals surface area contributed by atoms with Crippen LogP contribution in [0.1, 0.15) is 38.9 Å². The summed E-state index contributed by atoms with van der Waals surface area (Å²) in [4.78, 5) is 1.68. The maximum atomic E-state index is 14.6. The molecule has 1 nitrogen and oxygen atoms in total. The van der Waals surface area contributed by atoms with E-state index in [9.17, 15) is 39.5 Å². The smallest absolute Gasteiger partial charge is 0.341 e. The van der Waals surface area contributed by atoms with Crippen LogP contribution >= 0.6 is 0 Å². The normalized spacial score (nSPS) is 16.1. The highest BCUT2D eigenvalue weighted by molar-refractivity contribution is 6.83. The van der Waals surface area contributed by atoms with Crippen LogP contribution in [0.15, 0.2) is 103 Å². The van der Waals surface area contributed by atoms with Crippen LogP contribution in [0.3, 0.4) is 0 Å². The van der Waals surface area contributed by atoms with Gasteiger partial charge < -0.3 is 4.90 Å². The van der Waals surface area contributed by atoms with Crippen LogP contribution < -0.4 is 10.4 Å². The fraction of sp³-hybridized carbons (Fsp3) is 0.176. The molecular weight excluding hydrogens is 604 g/mol. The molecule has 5 rings (SSSR count). The first kappa shape index (κ1) is 32.0. The van der Waals surface area contributed by atoms with Gasteiger partial charge in [-0.2, -0.15) is 39.5 Å². The lowest BCUT2D eigenvalue weighted by molar-refractivity contribution is -0.147. The second kappa shape index (κ2) is 11.8. The molecule has 4 aromatic carbocycles. The fourth-order valence-corrected chi connectivity index (χ4v) is 5.85. The summed E-state index contributed by atoms with van der Waals surface area (Å²) in [6, 6.07) is 21.9. The quantitative estimate of drug-likeness (QED) is 0.157. The molecule has 1 heterocycles. The van der Waals surface area contributed by atoms with Crippen LogP contribution in [0.5, 0.6) is 0 Å². The zero-order valence-corrected chi connectivity index (χ0v) is 23.9. The highest BCUT2D eigenvalue weighted by atomic mass is 19.4. The number of nitrogens with zero attached hydrogens (tertiary/aromatic N) is 1. The molecule has 45 heavy (non-hydrogen) atoms. The standard InChI is InChI=1S/C34H25BF9N/c1-21-10-9-11-22(2)31(21)45-28(24-14-7-4-8-15-24)20-35(29(45)17-16-23-12-5-3-6-13-23)30-26(33(39,40)41)18-25(32(36,37)38)19-27(30)34(42,43)44/h3-20,29H,1-2H3/b17-16+/t29-/m1/s1. The highest BCUT2D eigenvalue weighted by Gasteiger charge is 2.50. The predicted molar refractivity (Wildman–Crippen MR) is 159 cm³/mol. The molecular formula is C34H25BF9N. The number of aryl methyl sites for hydroxylation is 2. The Morgan fingerprint density at radius 2 is 1.16 bits per heavy atom. The van der Waals surface area contributed by atoms with Crippen molar-refractivity contribution in [3.63, 3.8) is 0 Å². The molecule has 1 aliphatic heterocycles. The molecule has 0 spiro atoms. The van der Waals surface area contributed by atoms with Crippen LogP contribution in [-0.2, 0) is 18.5 Å². The lowest BCUT2D eigenvalue weighted by atomic mass is 9.39. The van der Waals surface area contributed by atoms with Crippen molar-refractivity contribution in [3.8, 4) is 0 Å². The number of benzene rings is 4. The Balaban J connectivity index is 1.89. The first-order valence-electron chi connectivity index (χ1n) is 13.8. The van der Waals surface area contributed by atoms with Gasteiger partial charge in [0.05, 0.1) is 16.7 Å². The third kappa shape index (κ3) is 6.53. The molecule has 0 unspecified atom stereocenters. The zero-order chi connectivity index (χ0) is 32.7. The minimum atomic E-state index is -5.53. The van der Waals surface area contributed by atoms with Crippen molar-refractivity contribution in [3.05, 3.63) is 142 Å². The molecule has 0 aromatic heterocycles. The summed E-state index contributed by atoms with van der Waals surface area (Å²) in [7, 11) is 0. The lowest BCUT2D eigenvalue weighted by Gasteiger charge is -2.34. The molecule has 1 aliphatic rings. The van der Waals surface area contributed by atoms with Crippen molar-refractivity contribution in [2.75, 3.05) is 4.90 Å². The number of alkyl halides is 9. The second-order valence-corrected chi connectivity index (χ2v) is 10.8. The van der Waals surface area contributed by atoms with Gasteiger partial charge in [0.15, 0.2) is 0 Å². The minimum absolute atomic E-state index is 0.222. The molecule has 0 amide bonds. The van der Waals surface area contributed by atoms with Crippen LogP contribution in [-0.4, -0.2) is 12.7 Å². The van der Waals surface area contributed by atoms with Crippen molar-refractivity contribution in [2.45, 2.75) is 38.3 Å². The Hall–Kier alpha value is -4.41. The van der Waals surface area contributed by atoms with Crippen LogP contribution in [0, 0.1) is 13.8 Å². The van der Waals surface area contributed by atoms with Crippen LogP contribution in [0.4, 0.5) is 45.2 Å². The van der Waals surface area contributed by atoms with E-state index in [1.165, 1.54) is 12.1 Å². The molecule has 1 atom stereocenters. The minimum Gasteiger partial charge on any atom is -0.341 e. The third-order valence-corrected chi connectivity index (χ3v) is 7.75. The number of para-hydroxylation sites is 1. The summed E-state index contributed by atoms with van der Waals surface area (Å²) in [5.41, 5.74) is -3.84. The molecule has 11 heteroatoms. The van der Waals surface area contributed by atoms with Gasteiger partial charge in [0.25, 0.3) is 0 Å². The van der Waals surface area contributed by atoms with Gasteiger partial charge in [0.2, 0.25) is 6.71 Å². The van der Waals surface area contributed by atoms with E-state index >= 15 is 0 Å². The van der Waals surface area contributed by atoms with E-state index in [0.717, 1.165) is 0 Å². The average Bonchev–Trinajstić information content (AvgIpc) is 3.33. The molecule has 0 fully saturated rings. The van der Waals surface area contributed by atoms with E-state index < -0.39 is 53.3 Å². The molecule has 0 N–H and O–H groups in total. The molecule has 0 bridgehead atoms.